The minimum Gasteiger partial charge on any atom is -0.444 e. The van der Waals surface area contributed by atoms with Crippen LogP contribution >= 0.6 is 11.6 Å². The highest BCUT2D eigenvalue weighted by molar-refractivity contribution is 6.16. The van der Waals surface area contributed by atoms with Gasteiger partial charge in [0.25, 0.3) is 0 Å². The topological polar surface area (TPSA) is 26.0 Å². The average Bonchev–Trinajstić information content (AvgIpc) is 2.46. The fourth-order valence-corrected chi connectivity index (χ4v) is 1.04. The van der Waals surface area contributed by atoms with Crippen LogP contribution in [0.15, 0.2) is 4.42 Å². The Morgan fingerprint density at radius 3 is 2.38 bits per heavy atom. The number of hydrogen-bond acceptors (Lipinski definition) is 2. The highest BCUT2D eigenvalue weighted by Gasteiger charge is 2.38. The van der Waals surface area contributed by atoms with E-state index in [9.17, 15) is 13.2 Å². The third-order valence-corrected chi connectivity index (χ3v) is 1.68. The summed E-state index contributed by atoms with van der Waals surface area (Å²) in [5.74, 6) is -0.573. The molecule has 0 unspecified atom stereocenters. The van der Waals surface area contributed by atoms with Crippen LogP contribution in [-0.2, 0) is 18.5 Å². The van der Waals surface area contributed by atoms with Gasteiger partial charge in [-0.3, -0.25) is 0 Å². The molecule has 0 aromatic carbocycles. The summed E-state index contributed by atoms with van der Waals surface area (Å²) in [5, 5.41) is 0. The molecule has 0 atom stereocenters. The molecule has 0 aliphatic rings. The van der Waals surface area contributed by atoms with Crippen molar-refractivity contribution in [1.82, 2.24) is 4.98 Å². The molecule has 13 heavy (non-hydrogen) atoms. The van der Waals surface area contributed by atoms with Gasteiger partial charge in [-0.2, -0.15) is 13.2 Å². The zero-order chi connectivity index (χ0) is 10.1. The maximum absolute atomic E-state index is 12.2. The molecule has 1 rings (SSSR count). The number of hydrogen-bond donors (Lipinski definition) is 0. The molecule has 0 aliphatic heterocycles. The molecule has 0 fully saturated rings. The minimum absolute atomic E-state index is 0.0583. The van der Waals surface area contributed by atoms with Gasteiger partial charge in [-0.15, -0.1) is 11.6 Å². The zero-order valence-electron chi connectivity index (χ0n) is 6.78. The van der Waals surface area contributed by atoms with E-state index in [1.54, 1.807) is 6.92 Å². The van der Waals surface area contributed by atoms with Crippen molar-refractivity contribution in [1.29, 1.82) is 0 Å². The van der Waals surface area contributed by atoms with E-state index in [1.807, 2.05) is 0 Å². The molecule has 0 saturated heterocycles. The minimum atomic E-state index is -4.48. The van der Waals surface area contributed by atoms with Gasteiger partial charge in [0.15, 0.2) is 17.3 Å². The van der Waals surface area contributed by atoms with Gasteiger partial charge < -0.3 is 4.42 Å². The van der Waals surface area contributed by atoms with Gasteiger partial charge in [-0.05, 0) is 0 Å². The second kappa shape index (κ2) is 3.57. The monoisotopic (exact) mass is 213 g/mol. The highest BCUT2D eigenvalue weighted by atomic mass is 35.5. The quantitative estimate of drug-likeness (QED) is 0.706. The van der Waals surface area contributed by atoms with E-state index in [0.717, 1.165) is 0 Å². The van der Waals surface area contributed by atoms with Gasteiger partial charge in [-0.25, -0.2) is 4.98 Å². The van der Waals surface area contributed by atoms with Crippen LogP contribution < -0.4 is 0 Å². The van der Waals surface area contributed by atoms with Crippen LogP contribution in [0.5, 0.6) is 0 Å². The molecule has 74 valence electrons. The number of halogens is 4. The second-order valence-corrected chi connectivity index (χ2v) is 2.63. The van der Waals surface area contributed by atoms with E-state index in [4.69, 9.17) is 16.0 Å². The molecule has 1 heterocycles. The molecule has 1 aromatic rings. The maximum Gasteiger partial charge on any atom is 0.436 e. The van der Waals surface area contributed by atoms with Gasteiger partial charge in [0.1, 0.15) is 0 Å². The third kappa shape index (κ3) is 2.15. The van der Waals surface area contributed by atoms with E-state index >= 15 is 0 Å². The Balaban J connectivity index is 3.11. The van der Waals surface area contributed by atoms with E-state index in [-0.39, 0.29) is 17.5 Å². The van der Waals surface area contributed by atoms with Crippen molar-refractivity contribution in [2.24, 2.45) is 0 Å². The van der Waals surface area contributed by atoms with E-state index in [2.05, 4.69) is 4.98 Å². The predicted octanol–water partition coefficient (Wildman–Crippen LogP) is 2.99. The maximum atomic E-state index is 12.2. The number of aromatic nitrogens is 1. The summed E-state index contributed by atoms with van der Waals surface area (Å²) in [4.78, 5) is 3.29. The lowest BCUT2D eigenvalue weighted by molar-refractivity contribution is -0.141. The summed E-state index contributed by atoms with van der Waals surface area (Å²) in [6.07, 6.45) is -4.17. The Labute approximate surface area is 77.7 Å². The van der Waals surface area contributed by atoms with Gasteiger partial charge in [-0.1, -0.05) is 6.92 Å². The van der Waals surface area contributed by atoms with Crippen molar-refractivity contribution in [3.05, 3.63) is 17.3 Å². The molecular formula is C7H7ClF3NO. The van der Waals surface area contributed by atoms with Crippen LogP contribution in [0.2, 0.25) is 0 Å². The Morgan fingerprint density at radius 2 is 2.08 bits per heavy atom. The second-order valence-electron chi connectivity index (χ2n) is 2.36. The Bertz CT molecular complexity index is 294. The summed E-state index contributed by atoms with van der Waals surface area (Å²) >= 11 is 5.27. The molecule has 6 heteroatoms. The first-order valence-electron chi connectivity index (χ1n) is 3.60. The van der Waals surface area contributed by atoms with Gasteiger partial charge in [0.2, 0.25) is 0 Å². The molecule has 0 saturated carbocycles. The number of rotatable bonds is 2. The number of aryl methyl sites for hydroxylation is 1. The van der Waals surface area contributed by atoms with Gasteiger partial charge in [0.05, 0.1) is 5.88 Å². The van der Waals surface area contributed by atoms with Crippen molar-refractivity contribution >= 4 is 11.6 Å². The molecule has 0 amide bonds. The number of oxazole rings is 1. The fourth-order valence-electron chi connectivity index (χ4n) is 0.864. The summed E-state index contributed by atoms with van der Waals surface area (Å²) in [5.41, 5.74) is -1.01. The van der Waals surface area contributed by atoms with E-state index < -0.39 is 11.9 Å². The Kier molecular flexibility index (Phi) is 2.85. The van der Waals surface area contributed by atoms with E-state index in [1.165, 1.54) is 0 Å². The number of nitrogens with zero attached hydrogens (tertiary/aromatic N) is 1. The predicted molar refractivity (Wildman–Crippen MR) is 40.4 cm³/mol. The van der Waals surface area contributed by atoms with Gasteiger partial charge >= 0.3 is 6.18 Å². The first-order valence-corrected chi connectivity index (χ1v) is 4.14. The lowest BCUT2D eigenvalue weighted by atomic mass is 10.3. The van der Waals surface area contributed by atoms with E-state index in [0.29, 0.717) is 6.42 Å². The lowest BCUT2D eigenvalue weighted by Crippen LogP contribution is -2.08. The van der Waals surface area contributed by atoms with Gasteiger partial charge in [0, 0.05) is 6.42 Å². The summed E-state index contributed by atoms with van der Waals surface area (Å²) in [7, 11) is 0. The summed E-state index contributed by atoms with van der Waals surface area (Å²) < 4.78 is 41.4. The fraction of sp³-hybridized carbons (Fsp3) is 0.571. The number of alkyl halides is 4. The molecule has 0 bridgehead atoms. The summed E-state index contributed by atoms with van der Waals surface area (Å²) in [6, 6.07) is 0. The van der Waals surface area contributed by atoms with Crippen molar-refractivity contribution < 1.29 is 17.6 Å². The molecule has 0 spiro atoms. The molecule has 2 nitrogen and oxygen atoms in total. The van der Waals surface area contributed by atoms with Crippen molar-refractivity contribution in [3.8, 4) is 0 Å². The highest BCUT2D eigenvalue weighted by Crippen LogP contribution is 2.32. The lowest BCUT2D eigenvalue weighted by Gasteiger charge is -2.01. The first kappa shape index (κ1) is 10.4. The van der Waals surface area contributed by atoms with Crippen molar-refractivity contribution in [2.75, 3.05) is 0 Å². The standard InChI is InChI=1S/C7H7ClF3NO/c1-2-5-12-6(7(9,10)11)4(3-8)13-5/h2-3H2,1H3. The molecule has 0 radical (unpaired) electrons. The third-order valence-electron chi connectivity index (χ3n) is 1.43. The molecular weight excluding hydrogens is 207 g/mol. The van der Waals surface area contributed by atoms with Crippen molar-refractivity contribution in [3.63, 3.8) is 0 Å². The Hall–Kier alpha value is -0.710. The zero-order valence-corrected chi connectivity index (χ0v) is 7.54. The van der Waals surface area contributed by atoms with Crippen LogP contribution in [0.4, 0.5) is 13.2 Å². The summed E-state index contributed by atoms with van der Waals surface area (Å²) in [6.45, 7) is 1.66. The van der Waals surface area contributed by atoms with Crippen molar-refractivity contribution in [2.45, 2.75) is 25.4 Å². The van der Waals surface area contributed by atoms with Crippen LogP contribution in [-0.4, -0.2) is 4.98 Å². The normalized spacial score (nSPS) is 12.1. The van der Waals surface area contributed by atoms with Crippen LogP contribution in [0.1, 0.15) is 24.3 Å². The molecule has 1 aromatic heterocycles. The average molecular weight is 214 g/mol. The molecule has 0 aliphatic carbocycles. The van der Waals surface area contributed by atoms with Crippen LogP contribution in [0.3, 0.4) is 0 Å². The smallest absolute Gasteiger partial charge is 0.436 e. The van der Waals surface area contributed by atoms with Crippen LogP contribution in [0, 0.1) is 0 Å². The Morgan fingerprint density at radius 1 is 1.46 bits per heavy atom. The SMILES string of the molecule is CCc1nc(C(F)(F)F)c(CCl)o1. The van der Waals surface area contributed by atoms with Crippen LogP contribution in [0.25, 0.3) is 0 Å². The molecule has 0 N–H and O–H groups in total. The largest absolute Gasteiger partial charge is 0.444 e. The first-order chi connectivity index (χ1) is 5.99.